The number of para-hydroxylation sites is 1. The fourth-order valence-corrected chi connectivity index (χ4v) is 2.45. The molecule has 0 aromatic heterocycles. The van der Waals surface area contributed by atoms with Crippen LogP contribution in [0.25, 0.3) is 0 Å². The second kappa shape index (κ2) is 7.74. The molecule has 1 amide bonds. The predicted molar refractivity (Wildman–Crippen MR) is 89.1 cm³/mol. The van der Waals surface area contributed by atoms with E-state index in [0.29, 0.717) is 4.90 Å². The Balaban J connectivity index is 2.74. The van der Waals surface area contributed by atoms with E-state index in [1.807, 2.05) is 0 Å². The van der Waals surface area contributed by atoms with Gasteiger partial charge >= 0.3 is 18.1 Å². The Bertz CT molecular complexity index is 841. The third-order valence-corrected chi connectivity index (χ3v) is 3.58. The normalized spacial score (nSPS) is 12.0. The number of anilines is 1. The standard InChI is InChI=1S/C19H14F3NO3/c1-3-13-9-7-8-12-15(13)23(18(25)19(20,21)22)16(17(24)26-2)14-10-5-4-6-11-14/h1,4-12,16H,2H3. The number of rotatable bonds is 4. The number of nitrogens with zero attached hydrogens (tertiary/aromatic N) is 1. The highest BCUT2D eigenvalue weighted by Gasteiger charge is 2.48. The van der Waals surface area contributed by atoms with E-state index in [0.717, 1.165) is 7.11 Å². The van der Waals surface area contributed by atoms with Gasteiger partial charge < -0.3 is 4.74 Å². The molecular formula is C19H14F3NO3. The molecule has 0 spiro atoms. The fraction of sp³-hybridized carbons (Fsp3) is 0.158. The number of methoxy groups -OCH3 is 1. The molecule has 0 aliphatic heterocycles. The van der Waals surface area contributed by atoms with Gasteiger partial charge in [-0.05, 0) is 17.7 Å². The van der Waals surface area contributed by atoms with Crippen molar-refractivity contribution in [3.8, 4) is 12.3 Å². The molecule has 0 fully saturated rings. The van der Waals surface area contributed by atoms with Crippen LogP contribution in [0.1, 0.15) is 17.2 Å². The first-order valence-electron chi connectivity index (χ1n) is 7.40. The predicted octanol–water partition coefficient (Wildman–Crippen LogP) is 3.48. The first-order valence-corrected chi connectivity index (χ1v) is 7.40. The molecule has 0 radical (unpaired) electrons. The van der Waals surface area contributed by atoms with E-state index in [9.17, 15) is 22.8 Å². The van der Waals surface area contributed by atoms with Crippen molar-refractivity contribution in [2.75, 3.05) is 12.0 Å². The van der Waals surface area contributed by atoms with E-state index in [1.165, 1.54) is 48.5 Å². The van der Waals surface area contributed by atoms with Gasteiger partial charge in [-0.2, -0.15) is 13.2 Å². The van der Waals surface area contributed by atoms with Gasteiger partial charge in [0.1, 0.15) is 0 Å². The molecule has 4 nitrogen and oxygen atoms in total. The molecule has 1 atom stereocenters. The van der Waals surface area contributed by atoms with Gasteiger partial charge in [0, 0.05) is 5.56 Å². The Kier molecular flexibility index (Phi) is 5.68. The molecule has 2 aromatic carbocycles. The monoisotopic (exact) mass is 361 g/mol. The average Bonchev–Trinajstić information content (AvgIpc) is 2.65. The van der Waals surface area contributed by atoms with E-state index in [1.54, 1.807) is 6.07 Å². The molecule has 2 aromatic rings. The quantitative estimate of drug-likeness (QED) is 0.619. The minimum atomic E-state index is -5.22. The lowest BCUT2D eigenvalue weighted by molar-refractivity contribution is -0.172. The molecular weight excluding hydrogens is 347 g/mol. The number of alkyl halides is 3. The molecule has 0 saturated heterocycles. The third-order valence-electron chi connectivity index (χ3n) is 3.58. The van der Waals surface area contributed by atoms with E-state index >= 15 is 0 Å². The van der Waals surface area contributed by atoms with Gasteiger partial charge in [-0.1, -0.05) is 48.4 Å². The van der Waals surface area contributed by atoms with Crippen molar-refractivity contribution in [2.45, 2.75) is 12.2 Å². The molecule has 0 aliphatic rings. The second-order valence-corrected chi connectivity index (χ2v) is 5.17. The minimum Gasteiger partial charge on any atom is -0.467 e. The van der Waals surface area contributed by atoms with Crippen LogP contribution in [0.15, 0.2) is 54.6 Å². The van der Waals surface area contributed by atoms with E-state index in [2.05, 4.69) is 10.7 Å². The van der Waals surface area contributed by atoms with Crippen molar-refractivity contribution in [3.63, 3.8) is 0 Å². The molecule has 134 valence electrons. The van der Waals surface area contributed by atoms with Crippen molar-refractivity contribution in [1.82, 2.24) is 0 Å². The molecule has 26 heavy (non-hydrogen) atoms. The fourth-order valence-electron chi connectivity index (χ4n) is 2.45. The summed E-state index contributed by atoms with van der Waals surface area (Å²) in [5, 5.41) is 0. The van der Waals surface area contributed by atoms with Gasteiger partial charge in [0.2, 0.25) is 0 Å². The van der Waals surface area contributed by atoms with Gasteiger partial charge in [-0.25, -0.2) is 4.79 Å². The van der Waals surface area contributed by atoms with Crippen molar-refractivity contribution in [3.05, 3.63) is 65.7 Å². The molecule has 2 rings (SSSR count). The number of terminal acetylenes is 1. The van der Waals surface area contributed by atoms with Gasteiger partial charge in [-0.15, -0.1) is 6.42 Å². The number of benzene rings is 2. The maximum Gasteiger partial charge on any atom is 0.471 e. The zero-order valence-electron chi connectivity index (χ0n) is 13.7. The average molecular weight is 361 g/mol. The van der Waals surface area contributed by atoms with Crippen LogP contribution in [0, 0.1) is 12.3 Å². The SMILES string of the molecule is C#Cc1ccccc1N(C(=O)C(F)(F)F)C(C(=O)OC)c1ccccc1. The van der Waals surface area contributed by atoms with E-state index < -0.39 is 24.1 Å². The van der Waals surface area contributed by atoms with Crippen LogP contribution >= 0.6 is 0 Å². The summed E-state index contributed by atoms with van der Waals surface area (Å²) < 4.78 is 44.5. The smallest absolute Gasteiger partial charge is 0.467 e. The highest BCUT2D eigenvalue weighted by atomic mass is 19.4. The summed E-state index contributed by atoms with van der Waals surface area (Å²) in [4.78, 5) is 24.8. The number of carbonyl (C=O) groups is 2. The largest absolute Gasteiger partial charge is 0.471 e. The zero-order valence-corrected chi connectivity index (χ0v) is 13.7. The number of halogens is 3. The lowest BCUT2D eigenvalue weighted by Crippen LogP contribution is -2.46. The first kappa shape index (κ1) is 19.1. The van der Waals surface area contributed by atoms with Crippen LogP contribution in [-0.4, -0.2) is 25.2 Å². The lowest BCUT2D eigenvalue weighted by atomic mass is 10.0. The maximum atomic E-state index is 13.3. The van der Waals surface area contributed by atoms with E-state index in [4.69, 9.17) is 6.42 Å². The number of ether oxygens (including phenoxy) is 1. The van der Waals surface area contributed by atoms with Crippen LogP contribution in [0.5, 0.6) is 0 Å². The number of esters is 1. The maximum absolute atomic E-state index is 13.3. The summed E-state index contributed by atoms with van der Waals surface area (Å²) in [5.41, 5.74) is -0.0183. The Morgan fingerprint density at radius 3 is 2.19 bits per heavy atom. The molecule has 1 unspecified atom stereocenters. The van der Waals surface area contributed by atoms with Crippen LogP contribution in [0.2, 0.25) is 0 Å². The second-order valence-electron chi connectivity index (χ2n) is 5.17. The summed E-state index contributed by atoms with van der Waals surface area (Å²) in [7, 11) is 1.03. The van der Waals surface area contributed by atoms with Gasteiger partial charge in [0.15, 0.2) is 6.04 Å². The third kappa shape index (κ3) is 3.86. The van der Waals surface area contributed by atoms with Crippen molar-refractivity contribution in [2.24, 2.45) is 0 Å². The number of hydrogen-bond acceptors (Lipinski definition) is 3. The van der Waals surface area contributed by atoms with Crippen LogP contribution in [0.4, 0.5) is 18.9 Å². The number of hydrogen-bond donors (Lipinski definition) is 0. The van der Waals surface area contributed by atoms with E-state index in [-0.39, 0.29) is 16.8 Å². The first-order chi connectivity index (χ1) is 12.3. The minimum absolute atomic E-state index is 0.0370. The van der Waals surface area contributed by atoms with Crippen LogP contribution in [-0.2, 0) is 14.3 Å². The Hall–Kier alpha value is -3.27. The highest BCUT2D eigenvalue weighted by molar-refractivity contribution is 6.03. The Morgan fingerprint density at radius 1 is 1.08 bits per heavy atom. The molecule has 0 aliphatic carbocycles. The summed E-state index contributed by atoms with van der Waals surface area (Å²) >= 11 is 0. The van der Waals surface area contributed by atoms with Crippen LogP contribution in [0.3, 0.4) is 0 Å². The van der Waals surface area contributed by atoms with Crippen molar-refractivity contribution in [1.29, 1.82) is 0 Å². The molecule has 7 heteroatoms. The van der Waals surface area contributed by atoms with Gasteiger partial charge in [-0.3, -0.25) is 9.69 Å². The zero-order chi connectivity index (χ0) is 19.3. The Labute approximate surface area is 148 Å². The molecule has 0 heterocycles. The Morgan fingerprint density at radius 2 is 1.65 bits per heavy atom. The molecule has 0 bridgehead atoms. The lowest BCUT2D eigenvalue weighted by Gasteiger charge is -2.31. The van der Waals surface area contributed by atoms with Crippen molar-refractivity contribution < 1.29 is 27.5 Å². The van der Waals surface area contributed by atoms with Crippen molar-refractivity contribution >= 4 is 17.6 Å². The van der Waals surface area contributed by atoms with Gasteiger partial charge in [0.05, 0.1) is 12.8 Å². The summed E-state index contributed by atoms with van der Waals surface area (Å²) in [6, 6.07) is 11.5. The molecule has 0 saturated carbocycles. The number of carbonyl (C=O) groups excluding carboxylic acids is 2. The van der Waals surface area contributed by atoms with Crippen LogP contribution < -0.4 is 4.90 Å². The number of amides is 1. The summed E-state index contributed by atoms with van der Waals surface area (Å²) in [6.45, 7) is 0. The molecule has 0 N–H and O–H groups in total. The highest BCUT2D eigenvalue weighted by Crippen LogP contribution is 2.34. The topological polar surface area (TPSA) is 46.6 Å². The summed E-state index contributed by atoms with van der Waals surface area (Å²) in [6.07, 6.45) is 0.140. The summed E-state index contributed by atoms with van der Waals surface area (Å²) in [5.74, 6) is -1.02. The van der Waals surface area contributed by atoms with Gasteiger partial charge in [0.25, 0.3) is 0 Å².